The maximum Gasteiger partial charge on any atom is 0.255 e. The number of nitrogens with one attached hydrogen (secondary N) is 1. The highest BCUT2D eigenvalue weighted by molar-refractivity contribution is 6.29. The number of fused-ring (bicyclic) bond motifs is 1. The zero-order valence-corrected chi connectivity index (χ0v) is 13.4. The first-order chi connectivity index (χ1) is 11.0. The molecule has 7 nitrogen and oxygen atoms in total. The van der Waals surface area contributed by atoms with Crippen molar-refractivity contribution in [3.63, 3.8) is 0 Å². The Morgan fingerprint density at radius 1 is 1.30 bits per heavy atom. The number of aromatic nitrogens is 3. The molecular weight excluding hydrogens is 318 g/mol. The molecule has 8 heteroatoms. The molecule has 2 aromatic heterocycles. The van der Waals surface area contributed by atoms with Gasteiger partial charge in [-0.15, -0.1) is 0 Å². The molecule has 0 aliphatic carbocycles. The molecule has 0 unspecified atom stereocenters. The van der Waals surface area contributed by atoms with E-state index in [9.17, 15) is 9.59 Å². The number of carbonyl (C=O) groups excluding carboxylic acids is 2. The zero-order chi connectivity index (χ0) is 16.4. The Hall–Kier alpha value is -2.41. The van der Waals surface area contributed by atoms with E-state index in [-0.39, 0.29) is 11.8 Å². The fraction of sp³-hybridized carbons (Fsp3) is 0.333. The van der Waals surface area contributed by atoms with Gasteiger partial charge in [-0.3, -0.25) is 14.3 Å². The number of nitrogens with zero attached hydrogens (tertiary/aromatic N) is 4. The Morgan fingerprint density at radius 3 is 2.83 bits per heavy atom. The van der Waals surface area contributed by atoms with E-state index in [1.165, 1.54) is 6.92 Å². The Kier molecular flexibility index (Phi) is 4.29. The normalized spacial score (nSPS) is 13.6. The quantitative estimate of drug-likeness (QED) is 0.857. The number of halogens is 1. The summed E-state index contributed by atoms with van der Waals surface area (Å²) >= 11 is 5.73. The van der Waals surface area contributed by atoms with Crippen molar-refractivity contribution < 1.29 is 9.59 Å². The van der Waals surface area contributed by atoms with E-state index < -0.39 is 0 Å². The smallest absolute Gasteiger partial charge is 0.255 e. The SMILES string of the molecule is CC(=O)N1CCn2ncc(C(=O)NCc3ccc(Cl)nc3)c2C1. The van der Waals surface area contributed by atoms with Gasteiger partial charge in [-0.05, 0) is 11.6 Å². The summed E-state index contributed by atoms with van der Waals surface area (Å²) in [4.78, 5) is 29.6. The molecule has 1 N–H and O–H groups in total. The van der Waals surface area contributed by atoms with Crippen molar-refractivity contribution in [1.29, 1.82) is 0 Å². The van der Waals surface area contributed by atoms with Crippen molar-refractivity contribution in [2.75, 3.05) is 6.54 Å². The standard InChI is InChI=1S/C15H16ClN5O2/c1-10(22)20-4-5-21-13(9-20)12(8-19-21)15(23)18-7-11-2-3-14(16)17-6-11/h2-3,6,8H,4-5,7,9H2,1H3,(H,18,23). The van der Waals surface area contributed by atoms with E-state index in [0.29, 0.717) is 36.9 Å². The van der Waals surface area contributed by atoms with Crippen LogP contribution < -0.4 is 5.32 Å². The number of carbonyl (C=O) groups is 2. The lowest BCUT2D eigenvalue weighted by molar-refractivity contribution is -0.130. The Bertz CT molecular complexity index is 741. The number of rotatable bonds is 3. The molecule has 0 saturated heterocycles. The minimum absolute atomic E-state index is 0.00366. The van der Waals surface area contributed by atoms with E-state index >= 15 is 0 Å². The average molecular weight is 334 g/mol. The molecular formula is C15H16ClN5O2. The fourth-order valence-electron chi connectivity index (χ4n) is 2.49. The second kappa shape index (κ2) is 6.37. The van der Waals surface area contributed by atoms with Gasteiger partial charge in [0.2, 0.25) is 5.91 Å². The van der Waals surface area contributed by atoms with Crippen molar-refractivity contribution in [2.24, 2.45) is 0 Å². The predicted molar refractivity (Wildman–Crippen MR) is 83.7 cm³/mol. The monoisotopic (exact) mass is 333 g/mol. The molecule has 0 atom stereocenters. The molecule has 0 fully saturated rings. The topological polar surface area (TPSA) is 80.1 Å². The lowest BCUT2D eigenvalue weighted by atomic mass is 10.2. The molecule has 0 spiro atoms. The maximum absolute atomic E-state index is 12.4. The van der Waals surface area contributed by atoms with Crippen LogP contribution in [0.1, 0.15) is 28.5 Å². The van der Waals surface area contributed by atoms with Gasteiger partial charge in [0.25, 0.3) is 5.91 Å². The van der Waals surface area contributed by atoms with Crippen molar-refractivity contribution in [3.8, 4) is 0 Å². The van der Waals surface area contributed by atoms with Crippen LogP contribution in [0, 0.1) is 0 Å². The Morgan fingerprint density at radius 2 is 2.13 bits per heavy atom. The molecule has 0 radical (unpaired) electrons. The zero-order valence-electron chi connectivity index (χ0n) is 12.6. The maximum atomic E-state index is 12.4. The molecule has 3 rings (SSSR count). The molecule has 23 heavy (non-hydrogen) atoms. The first-order valence-corrected chi connectivity index (χ1v) is 7.61. The van der Waals surface area contributed by atoms with E-state index in [0.717, 1.165) is 11.3 Å². The average Bonchev–Trinajstić information content (AvgIpc) is 2.97. The van der Waals surface area contributed by atoms with Gasteiger partial charge in [0, 0.05) is 26.2 Å². The lowest BCUT2D eigenvalue weighted by Gasteiger charge is -2.27. The number of hydrogen-bond donors (Lipinski definition) is 1. The van der Waals surface area contributed by atoms with Gasteiger partial charge in [-0.1, -0.05) is 17.7 Å². The molecule has 2 amide bonds. The van der Waals surface area contributed by atoms with Gasteiger partial charge in [-0.2, -0.15) is 5.10 Å². The highest BCUT2D eigenvalue weighted by Gasteiger charge is 2.24. The van der Waals surface area contributed by atoms with Crippen LogP contribution in [-0.4, -0.2) is 38.0 Å². The van der Waals surface area contributed by atoms with Crippen LogP contribution in [0.25, 0.3) is 0 Å². The van der Waals surface area contributed by atoms with Crippen LogP contribution in [-0.2, 0) is 24.4 Å². The van der Waals surface area contributed by atoms with Crippen molar-refractivity contribution in [1.82, 2.24) is 25.0 Å². The Balaban J connectivity index is 1.70. The summed E-state index contributed by atoms with van der Waals surface area (Å²) in [5.74, 6) is -0.220. The van der Waals surface area contributed by atoms with Crippen LogP contribution in [0.5, 0.6) is 0 Å². The van der Waals surface area contributed by atoms with Gasteiger partial charge < -0.3 is 10.2 Å². The largest absolute Gasteiger partial charge is 0.348 e. The molecule has 0 aromatic carbocycles. The summed E-state index contributed by atoms with van der Waals surface area (Å²) in [7, 11) is 0. The molecule has 1 aliphatic heterocycles. The van der Waals surface area contributed by atoms with E-state index in [1.807, 2.05) is 0 Å². The van der Waals surface area contributed by atoms with Crippen LogP contribution in [0.15, 0.2) is 24.5 Å². The third-order valence-electron chi connectivity index (χ3n) is 3.80. The minimum atomic E-state index is -0.216. The second-order valence-corrected chi connectivity index (χ2v) is 5.73. The summed E-state index contributed by atoms with van der Waals surface area (Å²) in [6, 6.07) is 3.48. The summed E-state index contributed by atoms with van der Waals surface area (Å²) in [5.41, 5.74) is 2.12. The molecule has 120 valence electrons. The van der Waals surface area contributed by atoms with Gasteiger partial charge in [0.1, 0.15) is 5.15 Å². The van der Waals surface area contributed by atoms with Gasteiger partial charge >= 0.3 is 0 Å². The van der Waals surface area contributed by atoms with Crippen molar-refractivity contribution in [3.05, 3.63) is 46.5 Å². The van der Waals surface area contributed by atoms with Crippen molar-refractivity contribution >= 4 is 23.4 Å². The van der Waals surface area contributed by atoms with E-state index in [4.69, 9.17) is 11.6 Å². The highest BCUT2D eigenvalue weighted by Crippen LogP contribution is 2.17. The summed E-state index contributed by atoms with van der Waals surface area (Å²) in [6.07, 6.45) is 3.17. The third-order valence-corrected chi connectivity index (χ3v) is 4.03. The number of amides is 2. The van der Waals surface area contributed by atoms with Crippen LogP contribution in [0.2, 0.25) is 5.15 Å². The molecule has 0 saturated carbocycles. The third kappa shape index (κ3) is 3.34. The summed E-state index contributed by atoms with van der Waals surface area (Å²) in [6.45, 7) is 3.49. The lowest BCUT2D eigenvalue weighted by Crippen LogP contribution is -2.38. The molecule has 2 aromatic rings. The van der Waals surface area contributed by atoms with Crippen LogP contribution in [0.3, 0.4) is 0 Å². The minimum Gasteiger partial charge on any atom is -0.348 e. The van der Waals surface area contributed by atoms with E-state index in [2.05, 4.69) is 15.4 Å². The molecule has 0 bridgehead atoms. The van der Waals surface area contributed by atoms with Crippen LogP contribution in [0.4, 0.5) is 0 Å². The highest BCUT2D eigenvalue weighted by atomic mass is 35.5. The van der Waals surface area contributed by atoms with E-state index in [1.54, 1.807) is 34.1 Å². The van der Waals surface area contributed by atoms with Crippen molar-refractivity contribution in [2.45, 2.75) is 26.6 Å². The van der Waals surface area contributed by atoms with Crippen LogP contribution >= 0.6 is 11.6 Å². The number of pyridine rings is 1. The fourth-order valence-corrected chi connectivity index (χ4v) is 2.60. The first-order valence-electron chi connectivity index (χ1n) is 7.23. The first kappa shape index (κ1) is 15.5. The molecule has 1 aliphatic rings. The van der Waals surface area contributed by atoms with Gasteiger partial charge in [0.05, 0.1) is 30.5 Å². The summed E-state index contributed by atoms with van der Waals surface area (Å²) in [5, 5.41) is 7.47. The predicted octanol–water partition coefficient (Wildman–Crippen LogP) is 1.22. The summed E-state index contributed by atoms with van der Waals surface area (Å²) < 4.78 is 1.78. The molecule has 3 heterocycles. The second-order valence-electron chi connectivity index (χ2n) is 5.34. The van der Waals surface area contributed by atoms with Gasteiger partial charge in [0.15, 0.2) is 0 Å². The number of hydrogen-bond acceptors (Lipinski definition) is 4. The Labute approximate surface area is 138 Å². The van der Waals surface area contributed by atoms with Gasteiger partial charge in [-0.25, -0.2) is 4.98 Å².